The molecule has 0 spiro atoms. The molecule has 1 atom stereocenters. The molecule has 2 aliphatic heterocycles. The van der Waals surface area contributed by atoms with Crippen molar-refractivity contribution < 1.29 is 4.74 Å². The van der Waals surface area contributed by atoms with Crippen LogP contribution in [0.3, 0.4) is 0 Å². The summed E-state index contributed by atoms with van der Waals surface area (Å²) in [6.45, 7) is 14.5. The number of morpholine rings is 1. The summed E-state index contributed by atoms with van der Waals surface area (Å²) in [5.41, 5.74) is 0. The van der Waals surface area contributed by atoms with Gasteiger partial charge in [-0.3, -0.25) is 4.90 Å². The Morgan fingerprint density at radius 2 is 1.95 bits per heavy atom. The summed E-state index contributed by atoms with van der Waals surface area (Å²) in [7, 11) is 0. The molecule has 0 aromatic rings. The Balaban J connectivity index is 1.70. The van der Waals surface area contributed by atoms with Crippen molar-refractivity contribution in [2.24, 2.45) is 0 Å². The zero-order chi connectivity index (χ0) is 13.7. The molecular weight excluding hydrogens is 238 g/mol. The molecule has 0 saturated carbocycles. The van der Waals surface area contributed by atoms with E-state index in [4.69, 9.17) is 4.74 Å². The van der Waals surface area contributed by atoms with E-state index in [1.165, 1.54) is 25.9 Å². The zero-order valence-electron chi connectivity index (χ0n) is 12.9. The van der Waals surface area contributed by atoms with Crippen LogP contribution in [0.1, 0.15) is 33.6 Å². The van der Waals surface area contributed by atoms with E-state index in [-0.39, 0.29) is 0 Å². The van der Waals surface area contributed by atoms with Crippen molar-refractivity contribution in [2.75, 3.05) is 45.9 Å². The van der Waals surface area contributed by atoms with Crippen LogP contribution in [0.2, 0.25) is 0 Å². The number of rotatable bonds is 5. The highest BCUT2D eigenvalue weighted by Gasteiger charge is 2.26. The number of hydrogen-bond acceptors (Lipinski definition) is 4. The first-order chi connectivity index (χ1) is 9.19. The van der Waals surface area contributed by atoms with E-state index in [0.29, 0.717) is 12.1 Å². The van der Waals surface area contributed by atoms with Crippen molar-refractivity contribution in [1.29, 1.82) is 0 Å². The molecule has 0 aromatic heterocycles. The monoisotopic (exact) mass is 269 g/mol. The largest absolute Gasteiger partial charge is 0.374 e. The quantitative estimate of drug-likeness (QED) is 0.811. The van der Waals surface area contributed by atoms with Gasteiger partial charge in [0.2, 0.25) is 0 Å². The van der Waals surface area contributed by atoms with Crippen LogP contribution in [-0.4, -0.2) is 73.9 Å². The molecule has 0 aliphatic carbocycles. The minimum Gasteiger partial charge on any atom is -0.374 e. The average molecular weight is 269 g/mol. The van der Waals surface area contributed by atoms with Gasteiger partial charge in [0, 0.05) is 31.7 Å². The van der Waals surface area contributed by atoms with Gasteiger partial charge >= 0.3 is 0 Å². The molecule has 2 rings (SSSR count). The van der Waals surface area contributed by atoms with Crippen LogP contribution in [0.4, 0.5) is 0 Å². The SMILES string of the molecule is CCNC1CCN(CC2CN(C(C)C)CCO2)CC1. The van der Waals surface area contributed by atoms with E-state index >= 15 is 0 Å². The smallest absolute Gasteiger partial charge is 0.0829 e. The second-order valence-corrected chi connectivity index (χ2v) is 6.21. The average Bonchev–Trinajstić information content (AvgIpc) is 2.42. The second kappa shape index (κ2) is 7.58. The minimum absolute atomic E-state index is 0.409. The van der Waals surface area contributed by atoms with Crippen molar-refractivity contribution >= 4 is 0 Å². The first kappa shape index (κ1) is 15.2. The number of ether oxygens (including phenoxy) is 1. The standard InChI is InChI=1S/C15H31N3O/c1-4-16-14-5-7-17(8-6-14)11-15-12-18(13(2)3)9-10-19-15/h13-16H,4-12H2,1-3H3. The van der Waals surface area contributed by atoms with Gasteiger partial charge in [0.25, 0.3) is 0 Å². The van der Waals surface area contributed by atoms with E-state index in [9.17, 15) is 0 Å². The lowest BCUT2D eigenvalue weighted by Crippen LogP contribution is -2.51. The molecule has 4 nitrogen and oxygen atoms in total. The van der Waals surface area contributed by atoms with Crippen molar-refractivity contribution in [1.82, 2.24) is 15.1 Å². The lowest BCUT2D eigenvalue weighted by molar-refractivity contribution is -0.0544. The maximum Gasteiger partial charge on any atom is 0.0829 e. The molecule has 19 heavy (non-hydrogen) atoms. The van der Waals surface area contributed by atoms with Gasteiger partial charge in [0.05, 0.1) is 12.7 Å². The first-order valence-electron chi connectivity index (χ1n) is 8.00. The highest BCUT2D eigenvalue weighted by atomic mass is 16.5. The van der Waals surface area contributed by atoms with E-state index in [1.807, 2.05) is 0 Å². The lowest BCUT2D eigenvalue weighted by Gasteiger charge is -2.39. The van der Waals surface area contributed by atoms with Crippen LogP contribution in [0, 0.1) is 0 Å². The van der Waals surface area contributed by atoms with Crippen LogP contribution < -0.4 is 5.32 Å². The Hall–Kier alpha value is -0.160. The molecule has 2 fully saturated rings. The molecule has 0 amide bonds. The second-order valence-electron chi connectivity index (χ2n) is 6.21. The van der Waals surface area contributed by atoms with Gasteiger partial charge in [0.1, 0.15) is 0 Å². The van der Waals surface area contributed by atoms with Crippen LogP contribution in [0.5, 0.6) is 0 Å². The molecular formula is C15H31N3O. The number of hydrogen-bond donors (Lipinski definition) is 1. The third-order valence-electron chi connectivity index (χ3n) is 4.44. The molecule has 0 radical (unpaired) electrons. The van der Waals surface area contributed by atoms with Gasteiger partial charge in [0.15, 0.2) is 0 Å². The number of nitrogens with zero attached hydrogens (tertiary/aromatic N) is 2. The molecule has 112 valence electrons. The normalized spacial score (nSPS) is 28.1. The van der Waals surface area contributed by atoms with Gasteiger partial charge in [-0.15, -0.1) is 0 Å². The van der Waals surface area contributed by atoms with Gasteiger partial charge in [-0.2, -0.15) is 0 Å². The van der Waals surface area contributed by atoms with Crippen LogP contribution in [0.25, 0.3) is 0 Å². The Morgan fingerprint density at radius 1 is 1.21 bits per heavy atom. The fourth-order valence-electron chi connectivity index (χ4n) is 3.22. The van der Waals surface area contributed by atoms with Crippen LogP contribution in [0.15, 0.2) is 0 Å². The highest BCUT2D eigenvalue weighted by molar-refractivity contribution is 4.81. The van der Waals surface area contributed by atoms with Crippen molar-refractivity contribution in [3.05, 3.63) is 0 Å². The number of likely N-dealkylation sites (tertiary alicyclic amines) is 1. The summed E-state index contributed by atoms with van der Waals surface area (Å²) in [5, 5.41) is 3.56. The summed E-state index contributed by atoms with van der Waals surface area (Å²) < 4.78 is 5.94. The Kier molecular flexibility index (Phi) is 6.07. The molecule has 2 saturated heterocycles. The summed E-state index contributed by atoms with van der Waals surface area (Å²) in [6.07, 6.45) is 2.98. The van der Waals surface area contributed by atoms with E-state index in [1.54, 1.807) is 0 Å². The number of piperidine rings is 1. The van der Waals surface area contributed by atoms with Crippen molar-refractivity contribution in [3.8, 4) is 0 Å². The fourth-order valence-corrected chi connectivity index (χ4v) is 3.22. The first-order valence-corrected chi connectivity index (χ1v) is 8.00. The Labute approximate surface area is 118 Å². The molecule has 1 N–H and O–H groups in total. The predicted molar refractivity (Wildman–Crippen MR) is 79.6 cm³/mol. The van der Waals surface area contributed by atoms with Gasteiger partial charge in [-0.1, -0.05) is 6.92 Å². The van der Waals surface area contributed by atoms with E-state index in [0.717, 1.165) is 38.8 Å². The third kappa shape index (κ3) is 4.71. The molecule has 1 unspecified atom stereocenters. The molecule has 0 aromatic carbocycles. The van der Waals surface area contributed by atoms with Gasteiger partial charge < -0.3 is 15.0 Å². The number of nitrogens with one attached hydrogen (secondary N) is 1. The topological polar surface area (TPSA) is 27.7 Å². The molecule has 4 heteroatoms. The molecule has 2 heterocycles. The highest BCUT2D eigenvalue weighted by Crippen LogP contribution is 2.14. The molecule has 2 aliphatic rings. The fraction of sp³-hybridized carbons (Fsp3) is 1.00. The summed E-state index contributed by atoms with van der Waals surface area (Å²) in [4.78, 5) is 5.13. The third-order valence-corrected chi connectivity index (χ3v) is 4.44. The van der Waals surface area contributed by atoms with E-state index < -0.39 is 0 Å². The maximum atomic E-state index is 5.94. The summed E-state index contributed by atoms with van der Waals surface area (Å²) in [6, 6.07) is 1.38. The summed E-state index contributed by atoms with van der Waals surface area (Å²) >= 11 is 0. The van der Waals surface area contributed by atoms with E-state index in [2.05, 4.69) is 35.9 Å². The maximum absolute atomic E-state index is 5.94. The predicted octanol–water partition coefficient (Wildman–Crippen LogP) is 1.17. The van der Waals surface area contributed by atoms with Crippen LogP contribution in [-0.2, 0) is 4.74 Å². The van der Waals surface area contributed by atoms with Crippen LogP contribution >= 0.6 is 0 Å². The van der Waals surface area contributed by atoms with Gasteiger partial charge in [-0.05, 0) is 46.3 Å². The summed E-state index contributed by atoms with van der Waals surface area (Å²) in [5.74, 6) is 0. The Bertz CT molecular complexity index is 252. The van der Waals surface area contributed by atoms with Crippen molar-refractivity contribution in [3.63, 3.8) is 0 Å². The Morgan fingerprint density at radius 3 is 2.58 bits per heavy atom. The molecule has 0 bridgehead atoms. The lowest BCUT2D eigenvalue weighted by atomic mass is 10.0. The van der Waals surface area contributed by atoms with Crippen molar-refractivity contribution in [2.45, 2.75) is 51.8 Å². The zero-order valence-corrected chi connectivity index (χ0v) is 12.9. The van der Waals surface area contributed by atoms with Gasteiger partial charge in [-0.25, -0.2) is 0 Å². The minimum atomic E-state index is 0.409.